The van der Waals surface area contributed by atoms with Gasteiger partial charge in [-0.05, 0) is 31.9 Å². The Morgan fingerprint density at radius 2 is 2.11 bits per heavy atom. The summed E-state index contributed by atoms with van der Waals surface area (Å²) in [6, 6.07) is 9.56. The molecule has 0 saturated carbocycles. The van der Waals surface area contributed by atoms with Crippen LogP contribution < -0.4 is 0 Å². The lowest BCUT2D eigenvalue weighted by molar-refractivity contribution is 0.00865. The molecule has 3 rings (SSSR count). The largest absolute Gasteiger partial charge is 0.375 e. The third-order valence-electron chi connectivity index (χ3n) is 4.01. The predicted octanol–water partition coefficient (Wildman–Crippen LogP) is 2.33. The molecule has 3 heteroatoms. The van der Waals surface area contributed by atoms with Gasteiger partial charge in [-0.2, -0.15) is 0 Å². The van der Waals surface area contributed by atoms with Gasteiger partial charge >= 0.3 is 0 Å². The summed E-state index contributed by atoms with van der Waals surface area (Å²) >= 11 is 0. The van der Waals surface area contributed by atoms with Gasteiger partial charge in [0.2, 0.25) is 0 Å². The molecule has 3 nitrogen and oxygen atoms in total. The second-order valence-electron chi connectivity index (χ2n) is 5.39. The molecule has 0 bridgehead atoms. The van der Waals surface area contributed by atoms with E-state index in [2.05, 4.69) is 6.92 Å². The standard InChI is InChI=1S/C15H19NO2/c1-11-9-13-10-16(8-7-14(13)18-11)15(17)12-5-3-2-4-6-12/h2-6,11,13-14H,7-10H2,1H3/t11-,13-,14+/m1/s1. The van der Waals surface area contributed by atoms with Crippen molar-refractivity contribution >= 4 is 5.91 Å². The van der Waals surface area contributed by atoms with Crippen LogP contribution in [-0.4, -0.2) is 36.1 Å². The predicted molar refractivity (Wildman–Crippen MR) is 69.4 cm³/mol. The number of amides is 1. The van der Waals surface area contributed by atoms with Crippen LogP contribution in [0.25, 0.3) is 0 Å². The molecule has 18 heavy (non-hydrogen) atoms. The topological polar surface area (TPSA) is 29.5 Å². The van der Waals surface area contributed by atoms with Crippen molar-refractivity contribution < 1.29 is 9.53 Å². The molecule has 1 aromatic rings. The van der Waals surface area contributed by atoms with E-state index < -0.39 is 0 Å². The zero-order chi connectivity index (χ0) is 12.5. The number of rotatable bonds is 1. The minimum atomic E-state index is 0.161. The van der Waals surface area contributed by atoms with E-state index in [1.54, 1.807) is 0 Å². The highest BCUT2D eigenvalue weighted by Gasteiger charge is 2.38. The zero-order valence-electron chi connectivity index (χ0n) is 10.7. The Labute approximate surface area is 108 Å². The SMILES string of the molecule is C[C@@H]1C[C@@H]2CN(C(=O)c3ccccc3)CC[C@@H]2O1. The van der Waals surface area contributed by atoms with Crippen molar-refractivity contribution in [2.45, 2.75) is 32.0 Å². The Kier molecular flexibility index (Phi) is 3.08. The van der Waals surface area contributed by atoms with Crippen molar-refractivity contribution in [1.82, 2.24) is 4.90 Å². The number of hydrogen-bond donors (Lipinski definition) is 0. The highest BCUT2D eigenvalue weighted by molar-refractivity contribution is 5.94. The molecular weight excluding hydrogens is 226 g/mol. The van der Waals surface area contributed by atoms with E-state index in [-0.39, 0.29) is 5.91 Å². The van der Waals surface area contributed by atoms with Crippen LogP contribution in [0.2, 0.25) is 0 Å². The fraction of sp³-hybridized carbons (Fsp3) is 0.533. The lowest BCUT2D eigenvalue weighted by Crippen LogP contribution is -2.44. The quantitative estimate of drug-likeness (QED) is 0.760. The van der Waals surface area contributed by atoms with Crippen molar-refractivity contribution in [2.24, 2.45) is 5.92 Å². The van der Waals surface area contributed by atoms with Crippen molar-refractivity contribution in [3.63, 3.8) is 0 Å². The summed E-state index contributed by atoms with van der Waals surface area (Å²) < 4.78 is 5.86. The Hall–Kier alpha value is -1.35. The molecular formula is C15H19NO2. The smallest absolute Gasteiger partial charge is 0.253 e. The van der Waals surface area contributed by atoms with E-state index in [0.717, 1.165) is 31.5 Å². The molecule has 1 aromatic carbocycles. The molecule has 1 amide bonds. The molecule has 3 atom stereocenters. The first kappa shape index (κ1) is 11.7. The average molecular weight is 245 g/mol. The third kappa shape index (κ3) is 2.15. The van der Waals surface area contributed by atoms with Crippen LogP contribution in [0.1, 0.15) is 30.1 Å². The molecule has 0 aromatic heterocycles. The Bertz CT molecular complexity index is 431. The maximum Gasteiger partial charge on any atom is 0.253 e. The molecule has 0 radical (unpaired) electrons. The zero-order valence-corrected chi connectivity index (χ0v) is 10.7. The number of hydrogen-bond acceptors (Lipinski definition) is 2. The molecule has 2 aliphatic heterocycles. The third-order valence-corrected chi connectivity index (χ3v) is 4.01. The Morgan fingerprint density at radius 1 is 1.33 bits per heavy atom. The Morgan fingerprint density at radius 3 is 2.89 bits per heavy atom. The molecule has 0 N–H and O–H groups in total. The maximum absolute atomic E-state index is 12.4. The first-order valence-electron chi connectivity index (χ1n) is 6.74. The summed E-state index contributed by atoms with van der Waals surface area (Å²) in [6.45, 7) is 3.80. The van der Waals surface area contributed by atoms with Crippen molar-refractivity contribution in [3.05, 3.63) is 35.9 Å². The van der Waals surface area contributed by atoms with Crippen molar-refractivity contribution in [3.8, 4) is 0 Å². The van der Waals surface area contributed by atoms with Gasteiger partial charge in [-0.1, -0.05) is 18.2 Å². The molecule has 2 aliphatic rings. The Balaban J connectivity index is 1.70. The van der Waals surface area contributed by atoms with Gasteiger partial charge in [0.25, 0.3) is 5.91 Å². The first-order valence-corrected chi connectivity index (χ1v) is 6.74. The van der Waals surface area contributed by atoms with Crippen LogP contribution in [0, 0.1) is 5.92 Å². The number of likely N-dealkylation sites (tertiary alicyclic amines) is 1. The second-order valence-corrected chi connectivity index (χ2v) is 5.39. The van der Waals surface area contributed by atoms with Crippen molar-refractivity contribution in [2.75, 3.05) is 13.1 Å². The van der Waals surface area contributed by atoms with Crippen LogP contribution >= 0.6 is 0 Å². The molecule has 0 unspecified atom stereocenters. The fourth-order valence-corrected chi connectivity index (χ4v) is 3.14. The number of piperidine rings is 1. The number of benzene rings is 1. The molecule has 2 fully saturated rings. The van der Waals surface area contributed by atoms with Gasteiger partial charge in [0.15, 0.2) is 0 Å². The number of ether oxygens (including phenoxy) is 1. The summed E-state index contributed by atoms with van der Waals surface area (Å²) in [5, 5.41) is 0. The molecule has 96 valence electrons. The number of carbonyl (C=O) groups is 1. The minimum Gasteiger partial charge on any atom is -0.375 e. The summed E-state index contributed by atoms with van der Waals surface area (Å²) in [5.74, 6) is 0.690. The summed E-state index contributed by atoms with van der Waals surface area (Å²) in [4.78, 5) is 14.3. The van der Waals surface area contributed by atoms with E-state index in [9.17, 15) is 4.79 Å². The van der Waals surface area contributed by atoms with E-state index in [1.165, 1.54) is 0 Å². The number of fused-ring (bicyclic) bond motifs is 1. The molecule has 0 spiro atoms. The number of nitrogens with zero attached hydrogens (tertiary/aromatic N) is 1. The fourth-order valence-electron chi connectivity index (χ4n) is 3.14. The monoisotopic (exact) mass is 245 g/mol. The van der Waals surface area contributed by atoms with Gasteiger partial charge in [0.1, 0.15) is 0 Å². The lowest BCUT2D eigenvalue weighted by Gasteiger charge is -2.34. The van der Waals surface area contributed by atoms with Crippen molar-refractivity contribution in [1.29, 1.82) is 0 Å². The van der Waals surface area contributed by atoms with Gasteiger partial charge in [0, 0.05) is 24.6 Å². The second kappa shape index (κ2) is 4.73. The highest BCUT2D eigenvalue weighted by atomic mass is 16.5. The molecule has 2 saturated heterocycles. The highest BCUT2D eigenvalue weighted by Crippen LogP contribution is 2.32. The van der Waals surface area contributed by atoms with Gasteiger partial charge in [0.05, 0.1) is 12.2 Å². The van der Waals surface area contributed by atoms with Gasteiger partial charge < -0.3 is 9.64 Å². The number of carbonyl (C=O) groups excluding carboxylic acids is 1. The van der Waals surface area contributed by atoms with E-state index in [4.69, 9.17) is 4.74 Å². The van der Waals surface area contributed by atoms with E-state index >= 15 is 0 Å². The van der Waals surface area contributed by atoms with Crippen LogP contribution in [0.15, 0.2) is 30.3 Å². The normalized spacial score (nSPS) is 31.2. The lowest BCUT2D eigenvalue weighted by atomic mass is 9.92. The molecule has 2 heterocycles. The minimum absolute atomic E-state index is 0.161. The summed E-state index contributed by atoms with van der Waals surface area (Å²) in [7, 11) is 0. The summed E-state index contributed by atoms with van der Waals surface area (Å²) in [5.41, 5.74) is 0.794. The van der Waals surface area contributed by atoms with Crippen LogP contribution in [0.3, 0.4) is 0 Å². The van der Waals surface area contributed by atoms with Crippen LogP contribution in [0.4, 0.5) is 0 Å². The van der Waals surface area contributed by atoms with E-state index in [0.29, 0.717) is 18.1 Å². The van der Waals surface area contributed by atoms with Gasteiger partial charge in [-0.3, -0.25) is 4.79 Å². The van der Waals surface area contributed by atoms with Gasteiger partial charge in [-0.25, -0.2) is 0 Å². The van der Waals surface area contributed by atoms with Crippen LogP contribution in [-0.2, 0) is 4.74 Å². The van der Waals surface area contributed by atoms with Crippen LogP contribution in [0.5, 0.6) is 0 Å². The summed E-state index contributed by atoms with van der Waals surface area (Å²) in [6.07, 6.45) is 2.79. The average Bonchev–Trinajstić information content (AvgIpc) is 2.78. The first-order chi connectivity index (χ1) is 8.74. The maximum atomic E-state index is 12.4. The van der Waals surface area contributed by atoms with E-state index in [1.807, 2.05) is 35.2 Å². The van der Waals surface area contributed by atoms with Gasteiger partial charge in [-0.15, -0.1) is 0 Å². The molecule has 0 aliphatic carbocycles.